The molecule has 2 aromatic carbocycles. The summed E-state index contributed by atoms with van der Waals surface area (Å²) in [6, 6.07) is 6.60. The van der Waals surface area contributed by atoms with Gasteiger partial charge < -0.3 is 20.1 Å². The van der Waals surface area contributed by atoms with Crippen molar-refractivity contribution in [3.63, 3.8) is 0 Å². The number of rotatable bonds is 7. The number of carboxylic acid groups (broad SMARTS) is 1. The Morgan fingerprint density at radius 3 is 2.57 bits per heavy atom. The number of amides is 1. The zero-order valence-electron chi connectivity index (χ0n) is 15.1. The number of hydrogen-bond donors (Lipinski definition) is 2. The lowest BCUT2D eigenvalue weighted by molar-refractivity contribution is -0.137. The molecule has 11 heteroatoms. The maximum atomic E-state index is 13.9. The van der Waals surface area contributed by atoms with Crippen molar-refractivity contribution in [1.82, 2.24) is 15.5 Å². The lowest BCUT2D eigenvalue weighted by atomic mass is 10.1. The van der Waals surface area contributed by atoms with Crippen molar-refractivity contribution in [2.45, 2.75) is 12.5 Å². The highest BCUT2D eigenvalue weighted by atomic mass is 19.1. The fourth-order valence-electron chi connectivity index (χ4n) is 2.57. The second-order valence-corrected chi connectivity index (χ2v) is 6.11. The molecular weight excluding hydrogens is 404 g/mol. The smallest absolute Gasteiger partial charge is 0.549 e. The van der Waals surface area contributed by atoms with E-state index in [0.29, 0.717) is 0 Å². The van der Waals surface area contributed by atoms with Gasteiger partial charge in [0.15, 0.2) is 0 Å². The minimum absolute atomic E-state index is 0.000553. The monoisotopic (exact) mass is 418 g/mol. The van der Waals surface area contributed by atoms with Gasteiger partial charge in [-0.1, -0.05) is 11.2 Å². The van der Waals surface area contributed by atoms with Gasteiger partial charge in [0.25, 0.3) is 5.91 Å². The lowest BCUT2D eigenvalue weighted by Crippen LogP contribution is -2.30. The Kier molecular flexibility index (Phi) is 5.81. The molecule has 1 amide bonds. The van der Waals surface area contributed by atoms with Gasteiger partial charge in [-0.25, -0.2) is 8.78 Å². The number of aliphatic carboxylic acids is 1. The number of carbonyl (C=O) groups is 3. The molecule has 154 valence electrons. The summed E-state index contributed by atoms with van der Waals surface area (Å²) in [6.07, 6.45) is -0.643. The first-order valence-electron chi connectivity index (χ1n) is 8.42. The Hall–Kier alpha value is -4.15. The largest absolute Gasteiger partial charge is 0.561 e. The molecule has 9 nitrogen and oxygen atoms in total. The average Bonchev–Trinajstić information content (AvgIpc) is 3.19. The van der Waals surface area contributed by atoms with Crippen LogP contribution in [-0.4, -0.2) is 38.2 Å². The first kappa shape index (κ1) is 20.6. The number of nitrogens with one attached hydrogen (secondary N) is 1. The van der Waals surface area contributed by atoms with Crippen molar-refractivity contribution in [1.29, 1.82) is 0 Å². The Morgan fingerprint density at radius 2 is 1.87 bits per heavy atom. The minimum Gasteiger partial charge on any atom is -0.561 e. The SMILES string of the molecule is O=C(O)C[C@H](NC(=O)c1cccc(C(=O)[OH2+])c1)c1nc(-c2cc(F)ccc2F)no1. The van der Waals surface area contributed by atoms with E-state index < -0.39 is 41.9 Å². The summed E-state index contributed by atoms with van der Waals surface area (Å²) in [5, 5.41) is 22.1. The van der Waals surface area contributed by atoms with Crippen LogP contribution >= 0.6 is 0 Å². The van der Waals surface area contributed by atoms with Crippen molar-refractivity contribution in [3.05, 3.63) is 71.1 Å². The van der Waals surface area contributed by atoms with Crippen LogP contribution in [0.1, 0.15) is 39.1 Å². The molecule has 3 rings (SSSR count). The van der Waals surface area contributed by atoms with E-state index in [-0.39, 0.29) is 28.4 Å². The van der Waals surface area contributed by atoms with Gasteiger partial charge in [-0.05, 0) is 36.4 Å². The number of aromatic nitrogens is 2. The van der Waals surface area contributed by atoms with E-state index in [1.807, 2.05) is 0 Å². The fourth-order valence-corrected chi connectivity index (χ4v) is 2.57. The molecule has 0 fully saturated rings. The van der Waals surface area contributed by atoms with E-state index in [4.69, 9.17) is 14.7 Å². The van der Waals surface area contributed by atoms with Gasteiger partial charge in [0, 0.05) is 10.4 Å². The van der Waals surface area contributed by atoms with Gasteiger partial charge in [-0.2, -0.15) is 4.98 Å². The normalized spacial score (nSPS) is 11.7. The molecule has 3 aromatic rings. The average molecular weight is 418 g/mol. The number of carboxylic acids is 1. The van der Waals surface area contributed by atoms with Crippen molar-refractivity contribution < 1.29 is 37.9 Å². The Labute approximate surface area is 167 Å². The second-order valence-electron chi connectivity index (χ2n) is 6.11. The predicted octanol–water partition coefficient (Wildman–Crippen LogP) is 1.83. The second kappa shape index (κ2) is 8.47. The maximum Gasteiger partial charge on any atom is 0.549 e. The first-order chi connectivity index (χ1) is 14.2. The molecule has 0 radical (unpaired) electrons. The van der Waals surface area contributed by atoms with Crippen LogP contribution in [-0.2, 0) is 4.79 Å². The molecule has 0 aliphatic heterocycles. The molecule has 1 aromatic heterocycles. The third-order valence-electron chi connectivity index (χ3n) is 3.98. The molecule has 0 aliphatic rings. The molecule has 0 aliphatic carbocycles. The van der Waals surface area contributed by atoms with Gasteiger partial charge in [0.05, 0.1) is 12.0 Å². The van der Waals surface area contributed by atoms with Gasteiger partial charge in [0.2, 0.25) is 11.7 Å². The van der Waals surface area contributed by atoms with Crippen LogP contribution in [0.5, 0.6) is 0 Å². The summed E-state index contributed by atoms with van der Waals surface area (Å²) in [6.45, 7) is 0. The van der Waals surface area contributed by atoms with E-state index >= 15 is 0 Å². The van der Waals surface area contributed by atoms with Crippen molar-refractivity contribution in [2.75, 3.05) is 0 Å². The van der Waals surface area contributed by atoms with Crippen LogP contribution in [0.2, 0.25) is 0 Å². The van der Waals surface area contributed by atoms with E-state index in [9.17, 15) is 23.2 Å². The quantitative estimate of drug-likeness (QED) is 0.557. The van der Waals surface area contributed by atoms with Crippen LogP contribution in [0.3, 0.4) is 0 Å². The van der Waals surface area contributed by atoms with Gasteiger partial charge in [0.1, 0.15) is 23.2 Å². The predicted molar refractivity (Wildman–Crippen MR) is 96.5 cm³/mol. The van der Waals surface area contributed by atoms with Crippen LogP contribution in [0.25, 0.3) is 11.4 Å². The number of carbonyl (C=O) groups excluding carboxylic acids is 2. The molecule has 0 spiro atoms. The molecule has 1 heterocycles. The summed E-state index contributed by atoms with van der Waals surface area (Å²) < 4.78 is 32.3. The van der Waals surface area contributed by atoms with Crippen molar-refractivity contribution in [3.8, 4) is 11.4 Å². The summed E-state index contributed by atoms with van der Waals surface area (Å²) >= 11 is 0. The highest BCUT2D eigenvalue weighted by molar-refractivity contribution is 5.97. The molecule has 1 atom stereocenters. The van der Waals surface area contributed by atoms with Crippen molar-refractivity contribution in [2.24, 2.45) is 0 Å². The van der Waals surface area contributed by atoms with E-state index in [0.717, 1.165) is 18.2 Å². The van der Waals surface area contributed by atoms with Crippen LogP contribution in [0, 0.1) is 11.6 Å². The molecule has 0 bridgehead atoms. The standard InChI is InChI=1S/C19H13F2N3O6/c20-11-4-5-13(21)12(7-11)16-23-18(30-24-16)14(8-15(25)26)22-17(27)9-2-1-3-10(6-9)19(28)29/h1-7,14H,8H2,(H,22,27)(H,25,26)(H,28,29)/p+1/t14-/m0/s1. The number of nitrogens with zero attached hydrogens (tertiary/aromatic N) is 2. The van der Waals surface area contributed by atoms with Crippen LogP contribution in [0.15, 0.2) is 47.0 Å². The number of halogens is 2. The van der Waals surface area contributed by atoms with Crippen molar-refractivity contribution >= 4 is 17.8 Å². The molecule has 0 unspecified atom stereocenters. The Morgan fingerprint density at radius 1 is 1.13 bits per heavy atom. The third-order valence-corrected chi connectivity index (χ3v) is 3.98. The Bertz CT molecular complexity index is 1130. The molecule has 30 heavy (non-hydrogen) atoms. The van der Waals surface area contributed by atoms with Crippen LogP contribution < -0.4 is 5.32 Å². The first-order valence-corrected chi connectivity index (χ1v) is 8.42. The van der Waals surface area contributed by atoms with Gasteiger partial charge in [-0.15, -0.1) is 0 Å². The molecule has 4 N–H and O–H groups in total. The number of benzene rings is 2. The summed E-state index contributed by atoms with van der Waals surface area (Å²) in [4.78, 5) is 38.7. The maximum absolute atomic E-state index is 13.9. The molecule has 0 saturated heterocycles. The summed E-state index contributed by atoms with van der Waals surface area (Å²) in [5.74, 6) is -5.28. The van der Waals surface area contributed by atoms with Gasteiger partial charge in [-0.3, -0.25) is 9.59 Å². The number of hydrogen-bond acceptors (Lipinski definition) is 6. The molecular formula is C19H14F2N3O6+. The van der Waals surface area contributed by atoms with E-state index in [1.165, 1.54) is 24.3 Å². The van der Waals surface area contributed by atoms with Gasteiger partial charge >= 0.3 is 11.9 Å². The third kappa shape index (κ3) is 4.63. The topological polar surface area (TPSA) is 145 Å². The zero-order chi connectivity index (χ0) is 21.8. The molecule has 0 saturated carbocycles. The summed E-state index contributed by atoms with van der Waals surface area (Å²) in [7, 11) is 0. The Balaban J connectivity index is 1.88. The van der Waals surface area contributed by atoms with E-state index in [1.54, 1.807) is 0 Å². The highest BCUT2D eigenvalue weighted by Gasteiger charge is 2.26. The minimum atomic E-state index is -1.30. The fraction of sp³-hybridized carbons (Fsp3) is 0.105. The van der Waals surface area contributed by atoms with Crippen LogP contribution in [0.4, 0.5) is 8.78 Å². The lowest BCUT2D eigenvalue weighted by Gasteiger charge is -2.13. The zero-order valence-corrected chi connectivity index (χ0v) is 15.1. The highest BCUT2D eigenvalue weighted by Crippen LogP contribution is 2.24. The van der Waals surface area contributed by atoms with E-state index in [2.05, 4.69) is 15.5 Å². The summed E-state index contributed by atoms with van der Waals surface area (Å²) in [5.41, 5.74) is -0.328.